The number of ether oxygens (including phenoxy) is 2. The predicted molar refractivity (Wildman–Crippen MR) is 93.3 cm³/mol. The second-order valence-corrected chi connectivity index (χ2v) is 6.66. The van der Waals surface area contributed by atoms with Crippen molar-refractivity contribution in [3.05, 3.63) is 23.2 Å². The highest BCUT2D eigenvalue weighted by atomic mass is 35.5. The van der Waals surface area contributed by atoms with Gasteiger partial charge in [-0.1, -0.05) is 11.6 Å². The Morgan fingerprint density at radius 2 is 2.00 bits per heavy atom. The molecule has 0 aliphatic carbocycles. The molecule has 1 rings (SSSR count). The predicted octanol–water partition coefficient (Wildman–Crippen LogP) is 0.140. The van der Waals surface area contributed by atoms with Crippen LogP contribution in [0.15, 0.2) is 23.1 Å². The highest BCUT2D eigenvalue weighted by Crippen LogP contribution is 2.27. The Hall–Kier alpha value is -1.10. The fourth-order valence-electron chi connectivity index (χ4n) is 1.61. The maximum Gasteiger partial charge on any atom is 0.255 e. The Morgan fingerprint density at radius 1 is 1.29 bits per heavy atom. The largest absolute Gasteiger partial charge is 0.482 e. The van der Waals surface area contributed by atoms with Gasteiger partial charge >= 0.3 is 0 Å². The van der Waals surface area contributed by atoms with E-state index in [9.17, 15) is 13.2 Å². The summed E-state index contributed by atoms with van der Waals surface area (Å²) in [6, 6.07) is 4.08. The number of methoxy groups -OCH3 is 1. The number of halogens is 2. The molecule has 0 unspecified atom stereocenters. The summed E-state index contributed by atoms with van der Waals surface area (Å²) in [6.45, 7) is 1.33. The third-order valence-corrected chi connectivity index (χ3v) is 4.36. The Kier molecular flexibility index (Phi) is 10.9. The van der Waals surface area contributed by atoms with Crippen LogP contribution in [0.1, 0.15) is 0 Å². The first-order valence-corrected chi connectivity index (χ1v) is 8.63. The molecule has 1 amide bonds. The third-order valence-electron chi connectivity index (χ3n) is 2.64. The lowest BCUT2D eigenvalue weighted by atomic mass is 10.3. The van der Waals surface area contributed by atoms with Gasteiger partial charge in [0.1, 0.15) is 10.6 Å². The summed E-state index contributed by atoms with van der Waals surface area (Å²) in [5, 5.41) is 3.24. The van der Waals surface area contributed by atoms with Crippen LogP contribution in [0.25, 0.3) is 0 Å². The van der Waals surface area contributed by atoms with Crippen molar-refractivity contribution in [1.82, 2.24) is 10.0 Å². The minimum absolute atomic E-state index is 0. The lowest BCUT2D eigenvalue weighted by Crippen LogP contribution is -2.33. The number of nitrogens with one attached hydrogen (secondary N) is 2. The average Bonchev–Trinajstić information content (AvgIpc) is 2.49. The molecule has 0 aliphatic heterocycles. The zero-order valence-electron chi connectivity index (χ0n) is 13.1. The monoisotopic (exact) mass is 401 g/mol. The average molecular weight is 402 g/mol. The van der Waals surface area contributed by atoms with E-state index >= 15 is 0 Å². The van der Waals surface area contributed by atoms with Gasteiger partial charge in [0.25, 0.3) is 5.91 Å². The Morgan fingerprint density at radius 3 is 2.62 bits per heavy atom. The van der Waals surface area contributed by atoms with Gasteiger partial charge in [-0.25, -0.2) is 13.1 Å². The van der Waals surface area contributed by atoms with E-state index in [-0.39, 0.29) is 34.6 Å². The van der Waals surface area contributed by atoms with Crippen molar-refractivity contribution in [1.29, 1.82) is 0 Å². The van der Waals surface area contributed by atoms with Crippen molar-refractivity contribution in [2.45, 2.75) is 4.90 Å². The number of sulfonamides is 1. The van der Waals surface area contributed by atoms with E-state index in [4.69, 9.17) is 26.8 Å². The fourth-order valence-corrected chi connectivity index (χ4v) is 3.05. The highest BCUT2D eigenvalue weighted by molar-refractivity contribution is 7.89. The van der Waals surface area contributed by atoms with Crippen LogP contribution >= 0.6 is 24.0 Å². The van der Waals surface area contributed by atoms with E-state index in [0.717, 1.165) is 0 Å². The van der Waals surface area contributed by atoms with Crippen molar-refractivity contribution in [3.63, 3.8) is 0 Å². The van der Waals surface area contributed by atoms with Gasteiger partial charge in [-0.3, -0.25) is 4.79 Å². The van der Waals surface area contributed by atoms with E-state index in [1.165, 1.54) is 18.2 Å². The molecule has 24 heavy (non-hydrogen) atoms. The Bertz CT molecular complexity index is 628. The van der Waals surface area contributed by atoms with Gasteiger partial charge in [-0.15, -0.1) is 12.4 Å². The summed E-state index contributed by atoms with van der Waals surface area (Å²) < 4.78 is 37.0. The molecule has 0 saturated heterocycles. The number of carbonyl (C=O) groups excluding carboxylic acids is 1. The van der Waals surface area contributed by atoms with Crippen LogP contribution in [0.2, 0.25) is 5.02 Å². The molecule has 0 radical (unpaired) electrons. The van der Waals surface area contributed by atoms with Gasteiger partial charge in [-0.05, 0) is 18.2 Å². The Labute approximate surface area is 152 Å². The van der Waals surface area contributed by atoms with Crippen molar-refractivity contribution >= 4 is 39.9 Å². The highest BCUT2D eigenvalue weighted by Gasteiger charge is 2.20. The molecule has 0 aromatic heterocycles. The van der Waals surface area contributed by atoms with Gasteiger partial charge in [-0.2, -0.15) is 0 Å². The summed E-state index contributed by atoms with van der Waals surface area (Å²) in [5.74, 6) is -0.702. The quantitative estimate of drug-likeness (QED) is 0.453. The SMILES string of the molecule is COCCNCCNS(=O)(=O)c1cc(Cl)ccc1OCC(N)=O.Cl. The van der Waals surface area contributed by atoms with E-state index in [2.05, 4.69) is 10.0 Å². The van der Waals surface area contributed by atoms with E-state index in [1.54, 1.807) is 7.11 Å². The van der Waals surface area contributed by atoms with Crippen LogP contribution in [0.5, 0.6) is 5.75 Å². The molecule has 1 aromatic carbocycles. The summed E-state index contributed by atoms with van der Waals surface area (Å²) in [5.41, 5.74) is 4.99. The van der Waals surface area contributed by atoms with Crippen LogP contribution in [-0.2, 0) is 19.6 Å². The minimum Gasteiger partial charge on any atom is -0.482 e. The molecule has 8 nitrogen and oxygen atoms in total. The summed E-state index contributed by atoms with van der Waals surface area (Å²) in [7, 11) is -2.26. The zero-order chi connectivity index (χ0) is 17.3. The summed E-state index contributed by atoms with van der Waals surface area (Å²) >= 11 is 5.84. The minimum atomic E-state index is -3.84. The normalized spacial score (nSPS) is 10.9. The molecule has 4 N–H and O–H groups in total. The maximum atomic E-state index is 12.3. The first-order chi connectivity index (χ1) is 10.9. The molecule has 0 fully saturated rings. The van der Waals surface area contributed by atoms with Gasteiger partial charge in [0.15, 0.2) is 6.61 Å². The molecule has 0 saturated carbocycles. The van der Waals surface area contributed by atoms with Gasteiger partial charge in [0.2, 0.25) is 10.0 Å². The third kappa shape index (κ3) is 8.13. The van der Waals surface area contributed by atoms with Crippen LogP contribution in [0, 0.1) is 0 Å². The zero-order valence-corrected chi connectivity index (χ0v) is 15.5. The lowest BCUT2D eigenvalue weighted by molar-refractivity contribution is -0.120. The molecule has 0 atom stereocenters. The van der Waals surface area contributed by atoms with Crippen molar-refractivity contribution < 1.29 is 22.7 Å². The molecular formula is C13H21Cl2N3O5S. The number of hydrogen-bond donors (Lipinski definition) is 3. The Balaban J connectivity index is 0.00000529. The fraction of sp³-hybridized carbons (Fsp3) is 0.462. The van der Waals surface area contributed by atoms with Crippen LogP contribution in [-0.4, -0.2) is 54.3 Å². The molecule has 138 valence electrons. The van der Waals surface area contributed by atoms with Crippen LogP contribution in [0.3, 0.4) is 0 Å². The van der Waals surface area contributed by atoms with E-state index in [1.807, 2.05) is 0 Å². The molecule has 1 aromatic rings. The van der Waals surface area contributed by atoms with E-state index < -0.39 is 22.5 Å². The number of amides is 1. The number of carbonyl (C=O) groups is 1. The second-order valence-electron chi connectivity index (χ2n) is 4.49. The number of hydrogen-bond acceptors (Lipinski definition) is 6. The van der Waals surface area contributed by atoms with Crippen molar-refractivity contribution in [3.8, 4) is 5.75 Å². The number of benzene rings is 1. The van der Waals surface area contributed by atoms with Gasteiger partial charge in [0.05, 0.1) is 6.61 Å². The lowest BCUT2D eigenvalue weighted by Gasteiger charge is -2.12. The summed E-state index contributed by atoms with van der Waals surface area (Å²) in [4.78, 5) is 10.6. The first-order valence-electron chi connectivity index (χ1n) is 6.77. The smallest absolute Gasteiger partial charge is 0.255 e. The number of primary amides is 1. The topological polar surface area (TPSA) is 120 Å². The molecule has 11 heteroatoms. The molecule has 0 aliphatic rings. The second kappa shape index (κ2) is 11.5. The summed E-state index contributed by atoms with van der Waals surface area (Å²) in [6.07, 6.45) is 0. The van der Waals surface area contributed by atoms with E-state index in [0.29, 0.717) is 19.7 Å². The van der Waals surface area contributed by atoms with Crippen LogP contribution < -0.4 is 20.5 Å². The standard InChI is InChI=1S/C13H20ClN3O5S.ClH/c1-21-7-6-16-4-5-17-23(19,20)12-8-10(14)2-3-11(12)22-9-13(15)18;/h2-3,8,16-17H,4-7,9H2,1H3,(H2,15,18);1H. The van der Waals surface area contributed by atoms with Crippen molar-refractivity contribution in [2.24, 2.45) is 5.73 Å². The van der Waals surface area contributed by atoms with Crippen LogP contribution in [0.4, 0.5) is 0 Å². The maximum absolute atomic E-state index is 12.3. The number of nitrogens with two attached hydrogens (primary N) is 1. The van der Waals surface area contributed by atoms with Gasteiger partial charge < -0.3 is 20.5 Å². The number of rotatable bonds is 11. The van der Waals surface area contributed by atoms with Crippen molar-refractivity contribution in [2.75, 3.05) is 40.0 Å². The molecule has 0 bridgehead atoms. The molecular weight excluding hydrogens is 381 g/mol. The van der Waals surface area contributed by atoms with Gasteiger partial charge in [0, 0.05) is 31.8 Å². The molecule has 0 heterocycles. The first kappa shape index (κ1) is 22.9. The molecule has 0 spiro atoms.